The number of rotatable bonds is 14. The van der Waals surface area contributed by atoms with Crippen LogP contribution in [0.5, 0.6) is 11.5 Å². The number of nitrogens with zero attached hydrogens (tertiary/aromatic N) is 3. The number of hydrogen-bond acceptors (Lipinski definition) is 16. The molecule has 0 bridgehead atoms. The van der Waals surface area contributed by atoms with Gasteiger partial charge in [-0.1, -0.05) is 37.5 Å². The van der Waals surface area contributed by atoms with Gasteiger partial charge in [-0.2, -0.15) is 0 Å². The number of carboxylic acids is 1. The Bertz CT molecular complexity index is 1840. The minimum atomic E-state index is -1.49. The molecule has 3 unspecified atom stereocenters. The number of esters is 1. The molecule has 0 aliphatic carbocycles. The van der Waals surface area contributed by atoms with Crippen molar-refractivity contribution in [2.75, 3.05) is 51.8 Å². The smallest absolute Gasteiger partial charge is 0.546 e. The number of ether oxygens (including phenoxy) is 1. The van der Waals surface area contributed by atoms with Gasteiger partial charge in [-0.05, 0) is 36.9 Å². The number of thioether (sulfide) groups is 1. The van der Waals surface area contributed by atoms with Crippen molar-refractivity contribution >= 4 is 75.6 Å². The number of halogens is 1. The van der Waals surface area contributed by atoms with Crippen LogP contribution in [-0.4, -0.2) is 119 Å². The van der Waals surface area contributed by atoms with E-state index in [0.717, 1.165) is 55.8 Å². The molecule has 4 heterocycles. The molecule has 2 amide bonds. The van der Waals surface area contributed by atoms with Crippen molar-refractivity contribution in [2.45, 2.75) is 57.6 Å². The monoisotopic (exact) mass is 846 g/mol. The van der Waals surface area contributed by atoms with Crippen molar-refractivity contribution in [1.29, 1.82) is 0 Å². The Morgan fingerprint density at radius 3 is 2.48 bits per heavy atom. The van der Waals surface area contributed by atoms with Gasteiger partial charge < -0.3 is 51.0 Å². The van der Waals surface area contributed by atoms with Crippen molar-refractivity contribution in [2.24, 2.45) is 16.5 Å². The van der Waals surface area contributed by atoms with Crippen molar-refractivity contribution in [3.05, 3.63) is 45.1 Å². The number of methoxy groups -OCH3 is 1. The van der Waals surface area contributed by atoms with Crippen LogP contribution in [0.25, 0.3) is 0 Å². The maximum Gasteiger partial charge on any atom is 1.00 e. The Hall–Kier alpha value is -3.43. The molecule has 0 spiro atoms. The molecule has 3 aliphatic heterocycles. The number of benzene rings is 1. The first-order valence-corrected chi connectivity index (χ1v) is 19.8. The number of nitrogens with one attached hydrogen (secondary N) is 3. The predicted molar refractivity (Wildman–Crippen MR) is 203 cm³/mol. The van der Waals surface area contributed by atoms with Gasteiger partial charge >= 0.3 is 35.5 Å². The molecule has 0 saturated carbocycles. The fourth-order valence-electron chi connectivity index (χ4n) is 6.56. The number of nitrogens with two attached hydrogens (primary N) is 1. The first-order chi connectivity index (χ1) is 26.1. The SMILES string of the molecule is CCC1(CNC)CC[NH+](CC2=C(C(=O)OC)N3C(=O)C(NC(=O)/C(=N\OC(C(=O)[O-])C(C)C)c4csc(N)n4)C3SC2)CC1.O=Cc1ccc(O)c(O)c1Cl.[Na+]. The van der Waals surface area contributed by atoms with E-state index in [2.05, 4.69) is 27.7 Å². The van der Waals surface area contributed by atoms with E-state index >= 15 is 0 Å². The zero-order valence-corrected chi connectivity index (χ0v) is 36.4. The predicted octanol–water partition coefficient (Wildman–Crippen LogP) is -3.09. The van der Waals surface area contributed by atoms with Gasteiger partial charge in [0.25, 0.3) is 11.8 Å². The van der Waals surface area contributed by atoms with Gasteiger partial charge in [0, 0.05) is 41.7 Å². The Balaban J connectivity index is 0.000000603. The minimum Gasteiger partial charge on any atom is -0.546 e. The zero-order valence-electron chi connectivity index (χ0n) is 32.0. The second-order valence-corrected chi connectivity index (χ2v) is 16.0. The van der Waals surface area contributed by atoms with E-state index in [1.54, 1.807) is 13.8 Å². The van der Waals surface area contributed by atoms with Crippen molar-refractivity contribution in [1.82, 2.24) is 20.5 Å². The number of aliphatic carboxylic acids is 1. The number of aldehydes is 1. The number of carboxylic acid groups (broad SMARTS) is 1. The first-order valence-electron chi connectivity index (χ1n) is 17.5. The number of fused-ring (bicyclic) bond motifs is 1. The maximum absolute atomic E-state index is 13.5. The van der Waals surface area contributed by atoms with Crippen molar-refractivity contribution in [3.8, 4) is 11.5 Å². The number of nitrogen functional groups attached to an aromatic ring is 1. The van der Waals surface area contributed by atoms with E-state index in [4.69, 9.17) is 37.1 Å². The molecule has 0 radical (unpaired) electrons. The number of likely N-dealkylation sites (tertiary alicyclic amines) is 1. The molecule has 300 valence electrons. The van der Waals surface area contributed by atoms with Gasteiger partial charge in [-0.25, -0.2) is 9.78 Å². The van der Waals surface area contributed by atoms with Crippen LogP contribution in [-0.2, 0) is 28.8 Å². The van der Waals surface area contributed by atoms with Crippen LogP contribution >= 0.6 is 34.7 Å². The molecular weight excluding hydrogens is 801 g/mol. The Morgan fingerprint density at radius 1 is 1.27 bits per heavy atom. The van der Waals surface area contributed by atoms with Gasteiger partial charge in [0.05, 0.1) is 31.2 Å². The van der Waals surface area contributed by atoms with E-state index < -0.39 is 52.9 Å². The third kappa shape index (κ3) is 10.7. The summed E-state index contributed by atoms with van der Waals surface area (Å²) in [6.07, 6.45) is 2.34. The van der Waals surface area contributed by atoms with E-state index in [1.807, 2.05) is 7.05 Å². The maximum atomic E-state index is 13.5. The summed E-state index contributed by atoms with van der Waals surface area (Å²) in [5, 5.41) is 40.1. The first kappa shape index (κ1) is 46.9. The number of phenolic OH excluding ortho intramolecular Hbond substituents is 2. The second kappa shape index (κ2) is 20.8. The van der Waals surface area contributed by atoms with E-state index in [-0.39, 0.29) is 73.5 Å². The fourth-order valence-corrected chi connectivity index (χ4v) is 8.66. The van der Waals surface area contributed by atoms with E-state index in [9.17, 15) is 29.1 Å². The van der Waals surface area contributed by atoms with Crippen LogP contribution in [0.15, 0.2) is 33.9 Å². The quantitative estimate of drug-likeness (QED) is 0.0210. The number of amides is 2. The number of thiazole rings is 1. The average molecular weight is 847 g/mol. The Morgan fingerprint density at radius 2 is 1.95 bits per heavy atom. The number of carbonyl (C=O) groups excluding carboxylic acids is 5. The normalized spacial score (nSPS) is 22.4. The molecule has 56 heavy (non-hydrogen) atoms. The van der Waals surface area contributed by atoms with Gasteiger partial charge in [0.2, 0.25) is 0 Å². The van der Waals surface area contributed by atoms with E-state index in [1.165, 1.54) is 46.2 Å². The van der Waals surface area contributed by atoms with Crippen LogP contribution in [0.3, 0.4) is 0 Å². The molecule has 3 aliphatic rings. The Labute approximate surface area is 359 Å². The van der Waals surface area contributed by atoms with Crippen LogP contribution in [0, 0.1) is 11.3 Å². The summed E-state index contributed by atoms with van der Waals surface area (Å²) in [5.74, 6) is -4.14. The number of quaternary nitrogens is 1. The molecule has 2 aromatic rings. The average Bonchev–Trinajstić information content (AvgIpc) is 3.60. The number of anilines is 1. The number of hydrogen-bond donors (Lipinski definition) is 6. The molecule has 7 N–H and O–H groups in total. The number of phenols is 2. The number of oxime groups is 1. The topological polar surface area (TPSA) is 250 Å². The third-order valence-corrected chi connectivity index (χ3v) is 12.2. The Kier molecular flexibility index (Phi) is 17.5. The second-order valence-electron chi connectivity index (χ2n) is 13.7. The number of aromatic hydroxyl groups is 2. The number of aromatic nitrogens is 1. The fraction of sp³-hybridized carbons (Fsp3) is 0.514. The summed E-state index contributed by atoms with van der Waals surface area (Å²) in [5.41, 5.74) is 6.99. The number of piperidine rings is 1. The van der Waals surface area contributed by atoms with Gasteiger partial charge in [0.15, 0.2) is 34.7 Å². The molecule has 2 fully saturated rings. The molecule has 1 aromatic carbocycles. The summed E-state index contributed by atoms with van der Waals surface area (Å²) in [6.45, 7) is 8.97. The largest absolute Gasteiger partial charge is 1.00 e. The van der Waals surface area contributed by atoms with Crippen molar-refractivity contribution in [3.63, 3.8) is 0 Å². The van der Waals surface area contributed by atoms with Gasteiger partial charge in [-0.15, -0.1) is 23.1 Å². The zero-order chi connectivity index (χ0) is 40.6. The summed E-state index contributed by atoms with van der Waals surface area (Å²) in [4.78, 5) is 73.5. The molecule has 17 nitrogen and oxygen atoms in total. The third-order valence-electron chi connectivity index (χ3n) is 9.82. The minimum absolute atomic E-state index is 0. The van der Waals surface area contributed by atoms with Gasteiger partial charge in [-0.3, -0.25) is 19.3 Å². The summed E-state index contributed by atoms with van der Waals surface area (Å²) in [7, 11) is 3.27. The van der Waals surface area contributed by atoms with Crippen molar-refractivity contribution < 1.29 is 83.3 Å². The van der Waals surface area contributed by atoms with Crippen LogP contribution in [0.4, 0.5) is 5.13 Å². The molecule has 21 heteroatoms. The number of β-lactam (4-membered cyclic amide) rings is 1. The molecule has 3 atom stereocenters. The summed E-state index contributed by atoms with van der Waals surface area (Å²) >= 11 is 7.97. The number of carbonyl (C=O) groups is 5. The molecule has 5 rings (SSSR count). The van der Waals surface area contributed by atoms with E-state index in [0.29, 0.717) is 18.6 Å². The summed E-state index contributed by atoms with van der Waals surface area (Å²) < 4.78 is 5.09. The van der Waals surface area contributed by atoms with Crippen LogP contribution in [0.2, 0.25) is 5.02 Å². The molecule has 1 aromatic heterocycles. The molecule has 2 saturated heterocycles. The summed E-state index contributed by atoms with van der Waals surface area (Å²) in [6, 6.07) is 1.56. The van der Waals surface area contributed by atoms with Gasteiger partial charge in [0.1, 0.15) is 29.4 Å². The molecular formula is C35H46ClN7NaO10S2+. The van der Waals surface area contributed by atoms with Crippen LogP contribution < -0.4 is 55.9 Å². The standard InChI is InChI=1S/C28H41N7O7S2.C7H5ClO3.Na/c1-6-28(14-30-4)7-9-34(10-8-28)11-16-12-43-24-19(23(37)35(24)20(16)26(40)41-5)32-22(36)18(17-13-44-27(29)31-17)33-42-21(15(2)3)25(38)39;8-6-4(3-9)1-2-5(10)7(6)11;/h13,15,19,21,24,30H,6-12,14H2,1-5H3,(H2,29,31)(H,32,36)(H,38,39);1-3,10-11H;/q;;+1/b33-18-;;. The van der Waals surface area contributed by atoms with Crippen LogP contribution in [0.1, 0.15) is 56.1 Å².